The summed E-state index contributed by atoms with van der Waals surface area (Å²) in [5.41, 5.74) is 3.25. The van der Waals surface area contributed by atoms with Crippen molar-refractivity contribution in [2.75, 3.05) is 24.6 Å². The summed E-state index contributed by atoms with van der Waals surface area (Å²) >= 11 is 0. The number of nitrogens with one attached hydrogen (secondary N) is 1. The average molecular weight is 484 g/mol. The molecule has 9 nitrogen and oxygen atoms in total. The monoisotopic (exact) mass is 483 g/mol. The Morgan fingerprint density at radius 1 is 1.09 bits per heavy atom. The van der Waals surface area contributed by atoms with Gasteiger partial charge in [0.05, 0.1) is 30.5 Å². The van der Waals surface area contributed by atoms with Crippen molar-refractivity contribution in [3.8, 4) is 17.2 Å². The van der Waals surface area contributed by atoms with Crippen molar-refractivity contribution in [1.82, 2.24) is 5.43 Å². The molecule has 3 rings (SSSR count). The van der Waals surface area contributed by atoms with Crippen molar-refractivity contribution in [3.05, 3.63) is 78.4 Å². The maximum absolute atomic E-state index is 13.3. The molecular weight excluding hydrogens is 458 g/mol. The van der Waals surface area contributed by atoms with E-state index in [1.807, 2.05) is 0 Å². The van der Waals surface area contributed by atoms with E-state index >= 15 is 0 Å². The van der Waals surface area contributed by atoms with Crippen molar-refractivity contribution < 1.29 is 27.8 Å². The largest absolute Gasteiger partial charge is 0.504 e. The molecule has 0 saturated heterocycles. The predicted molar refractivity (Wildman–Crippen MR) is 129 cm³/mol. The number of benzene rings is 3. The third kappa shape index (κ3) is 6.04. The van der Waals surface area contributed by atoms with E-state index in [0.29, 0.717) is 29.4 Å². The second-order valence-electron chi connectivity index (χ2n) is 6.98. The molecule has 178 valence electrons. The minimum absolute atomic E-state index is 0.00900. The Balaban J connectivity index is 1.78. The molecule has 0 aliphatic heterocycles. The third-order valence-electron chi connectivity index (χ3n) is 4.67. The number of nitrogens with zero attached hydrogens (tertiary/aromatic N) is 2. The van der Waals surface area contributed by atoms with Crippen LogP contribution < -0.4 is 19.2 Å². The molecule has 1 amide bonds. The van der Waals surface area contributed by atoms with Gasteiger partial charge in [0.15, 0.2) is 11.5 Å². The molecule has 0 aromatic heterocycles. The van der Waals surface area contributed by atoms with Crippen LogP contribution in [0, 0.1) is 0 Å². The van der Waals surface area contributed by atoms with Crippen LogP contribution in [0.25, 0.3) is 0 Å². The number of carbonyl (C=O) groups is 1. The molecule has 0 aliphatic carbocycles. The number of sulfonamides is 1. The minimum Gasteiger partial charge on any atom is -0.504 e. The maximum Gasteiger partial charge on any atom is 0.264 e. The highest BCUT2D eigenvalue weighted by Crippen LogP contribution is 2.26. The van der Waals surface area contributed by atoms with E-state index in [1.54, 1.807) is 49.4 Å². The summed E-state index contributed by atoms with van der Waals surface area (Å²) in [6.45, 7) is 1.68. The lowest BCUT2D eigenvalue weighted by molar-refractivity contribution is -0.119. The number of methoxy groups -OCH3 is 1. The zero-order chi connectivity index (χ0) is 24.6. The van der Waals surface area contributed by atoms with Gasteiger partial charge < -0.3 is 14.6 Å². The van der Waals surface area contributed by atoms with Crippen LogP contribution in [0.4, 0.5) is 5.69 Å². The molecule has 0 aliphatic rings. The Morgan fingerprint density at radius 3 is 2.44 bits per heavy atom. The third-order valence-corrected chi connectivity index (χ3v) is 6.45. The fourth-order valence-electron chi connectivity index (χ4n) is 3.01. The Kier molecular flexibility index (Phi) is 8.10. The normalized spacial score (nSPS) is 11.2. The van der Waals surface area contributed by atoms with Gasteiger partial charge in [-0.05, 0) is 67.1 Å². The van der Waals surface area contributed by atoms with Crippen molar-refractivity contribution in [2.45, 2.75) is 11.8 Å². The van der Waals surface area contributed by atoms with Gasteiger partial charge in [-0.2, -0.15) is 5.10 Å². The van der Waals surface area contributed by atoms with Gasteiger partial charge in [0.1, 0.15) is 12.3 Å². The number of hydrogen-bond acceptors (Lipinski definition) is 7. The number of para-hydroxylation sites is 1. The molecule has 0 heterocycles. The fraction of sp³-hybridized carbons (Fsp3) is 0.167. The molecule has 10 heteroatoms. The van der Waals surface area contributed by atoms with Gasteiger partial charge in [0, 0.05) is 0 Å². The van der Waals surface area contributed by atoms with Gasteiger partial charge in [-0.25, -0.2) is 13.8 Å². The van der Waals surface area contributed by atoms with Gasteiger partial charge in [-0.3, -0.25) is 9.10 Å². The Labute approximate surface area is 198 Å². The number of hydrazone groups is 1. The van der Waals surface area contributed by atoms with Crippen molar-refractivity contribution in [1.29, 1.82) is 0 Å². The number of hydrogen-bond donors (Lipinski definition) is 2. The van der Waals surface area contributed by atoms with Gasteiger partial charge in [0.2, 0.25) is 0 Å². The SMILES string of the molecule is CCOc1cc(/C=N\NC(=O)CN(c2ccccc2)S(=O)(=O)c2ccc(OC)cc2)ccc1O. The highest BCUT2D eigenvalue weighted by molar-refractivity contribution is 7.92. The number of anilines is 1. The number of ether oxygens (including phenoxy) is 2. The minimum atomic E-state index is -4.05. The first-order chi connectivity index (χ1) is 16.3. The Morgan fingerprint density at radius 2 is 1.79 bits per heavy atom. The summed E-state index contributed by atoms with van der Waals surface area (Å²) in [6, 6.07) is 18.8. The summed E-state index contributed by atoms with van der Waals surface area (Å²) in [5, 5.41) is 13.7. The number of phenols is 1. The predicted octanol–water partition coefficient (Wildman–Crippen LogP) is 3.15. The standard InChI is InChI=1S/C24H25N3O6S/c1-3-33-23-15-18(9-14-22(23)28)16-25-26-24(29)17-27(19-7-5-4-6-8-19)34(30,31)21-12-10-20(32-2)11-13-21/h4-16,28H,3,17H2,1-2H3,(H,26,29)/b25-16-. The molecule has 0 fully saturated rings. The van der Waals surface area contributed by atoms with Gasteiger partial charge >= 0.3 is 0 Å². The fourth-order valence-corrected chi connectivity index (χ4v) is 4.43. The molecule has 2 N–H and O–H groups in total. The van der Waals surface area contributed by atoms with Crippen LogP contribution in [0.5, 0.6) is 17.2 Å². The van der Waals surface area contributed by atoms with Crippen LogP contribution in [-0.4, -0.2) is 45.9 Å². The average Bonchev–Trinajstić information content (AvgIpc) is 2.85. The van der Waals surface area contributed by atoms with Crippen LogP contribution in [-0.2, 0) is 14.8 Å². The number of rotatable bonds is 10. The molecule has 0 radical (unpaired) electrons. The number of carbonyl (C=O) groups excluding carboxylic acids is 1. The van der Waals surface area contributed by atoms with Crippen molar-refractivity contribution in [2.24, 2.45) is 5.10 Å². The van der Waals surface area contributed by atoms with Gasteiger partial charge in [-0.15, -0.1) is 0 Å². The van der Waals surface area contributed by atoms with E-state index in [4.69, 9.17) is 9.47 Å². The highest BCUT2D eigenvalue weighted by atomic mass is 32.2. The summed E-state index contributed by atoms with van der Waals surface area (Å²) in [4.78, 5) is 12.6. The number of amides is 1. The van der Waals surface area contributed by atoms with E-state index in [-0.39, 0.29) is 10.6 Å². The molecule has 34 heavy (non-hydrogen) atoms. The first-order valence-corrected chi connectivity index (χ1v) is 11.8. The van der Waals surface area contributed by atoms with E-state index in [9.17, 15) is 18.3 Å². The van der Waals surface area contributed by atoms with Crippen molar-refractivity contribution in [3.63, 3.8) is 0 Å². The molecule has 0 atom stereocenters. The van der Waals surface area contributed by atoms with Gasteiger partial charge in [-0.1, -0.05) is 18.2 Å². The first kappa shape index (κ1) is 24.6. The van der Waals surface area contributed by atoms with E-state index < -0.39 is 22.5 Å². The smallest absolute Gasteiger partial charge is 0.264 e. The molecular formula is C24H25N3O6S. The first-order valence-electron chi connectivity index (χ1n) is 10.3. The van der Waals surface area contributed by atoms with Crippen LogP contribution >= 0.6 is 0 Å². The maximum atomic E-state index is 13.3. The molecule has 3 aromatic rings. The second-order valence-corrected chi connectivity index (χ2v) is 8.84. The number of phenolic OH excluding ortho intramolecular Hbond substituents is 1. The summed E-state index contributed by atoms with van der Waals surface area (Å²) < 4.78 is 38.1. The Bertz CT molecular complexity index is 1250. The quantitative estimate of drug-likeness (QED) is 0.338. The highest BCUT2D eigenvalue weighted by Gasteiger charge is 2.27. The second kappa shape index (κ2) is 11.2. The molecule has 3 aromatic carbocycles. The van der Waals surface area contributed by atoms with E-state index in [0.717, 1.165) is 4.31 Å². The summed E-state index contributed by atoms with van der Waals surface area (Å²) in [5.74, 6) is 0.156. The van der Waals surface area contributed by atoms with E-state index in [2.05, 4.69) is 10.5 Å². The van der Waals surface area contributed by atoms with Crippen LogP contribution in [0.3, 0.4) is 0 Å². The lowest BCUT2D eigenvalue weighted by atomic mass is 10.2. The lowest BCUT2D eigenvalue weighted by Crippen LogP contribution is -2.39. The summed E-state index contributed by atoms with van der Waals surface area (Å²) in [6.07, 6.45) is 1.37. The van der Waals surface area contributed by atoms with Crippen LogP contribution in [0.15, 0.2) is 82.8 Å². The van der Waals surface area contributed by atoms with Crippen LogP contribution in [0.2, 0.25) is 0 Å². The molecule has 0 spiro atoms. The van der Waals surface area contributed by atoms with E-state index in [1.165, 1.54) is 43.7 Å². The number of aromatic hydroxyl groups is 1. The van der Waals surface area contributed by atoms with Gasteiger partial charge in [0.25, 0.3) is 15.9 Å². The Hall–Kier alpha value is -4.05. The molecule has 0 bridgehead atoms. The topological polar surface area (TPSA) is 118 Å². The molecule has 0 saturated carbocycles. The molecule has 0 unspecified atom stereocenters. The van der Waals surface area contributed by atoms with Crippen molar-refractivity contribution >= 4 is 27.8 Å². The van der Waals surface area contributed by atoms with Crippen LogP contribution in [0.1, 0.15) is 12.5 Å². The lowest BCUT2D eigenvalue weighted by Gasteiger charge is -2.23. The summed E-state index contributed by atoms with van der Waals surface area (Å²) in [7, 11) is -2.56. The zero-order valence-electron chi connectivity index (χ0n) is 18.7. The zero-order valence-corrected chi connectivity index (χ0v) is 19.5.